The molecule has 0 bridgehead atoms. The van der Waals surface area contributed by atoms with E-state index in [1.165, 1.54) is 18.2 Å². The first-order valence-electron chi connectivity index (χ1n) is 8.14. The van der Waals surface area contributed by atoms with Crippen molar-refractivity contribution < 1.29 is 14.0 Å². The third-order valence-corrected chi connectivity index (χ3v) is 4.64. The van der Waals surface area contributed by atoms with E-state index in [1.54, 1.807) is 6.07 Å². The Morgan fingerprint density at radius 2 is 2.04 bits per heavy atom. The predicted molar refractivity (Wildman–Crippen MR) is 95.2 cm³/mol. The predicted octanol–water partition coefficient (Wildman–Crippen LogP) is 4.03. The Hall–Kier alpha value is -2.40. The highest BCUT2D eigenvalue weighted by Gasteiger charge is 2.21. The van der Waals surface area contributed by atoms with E-state index in [9.17, 15) is 14.0 Å². The van der Waals surface area contributed by atoms with Gasteiger partial charge >= 0.3 is 0 Å². The average Bonchev–Trinajstić information content (AvgIpc) is 2.60. The number of fused-ring (bicyclic) bond motifs is 1. The van der Waals surface area contributed by atoms with Gasteiger partial charge < -0.3 is 10.2 Å². The van der Waals surface area contributed by atoms with Gasteiger partial charge in [0.2, 0.25) is 5.91 Å². The normalized spacial score (nSPS) is 13.3. The maximum absolute atomic E-state index is 13.9. The van der Waals surface area contributed by atoms with Gasteiger partial charge in [0.05, 0.1) is 10.6 Å². The summed E-state index contributed by atoms with van der Waals surface area (Å²) in [7, 11) is 0. The van der Waals surface area contributed by atoms with Crippen molar-refractivity contribution in [3.63, 3.8) is 0 Å². The van der Waals surface area contributed by atoms with E-state index in [4.69, 9.17) is 11.6 Å². The lowest BCUT2D eigenvalue weighted by Gasteiger charge is -2.29. The summed E-state index contributed by atoms with van der Waals surface area (Å²) >= 11 is 5.93. The Labute approximate surface area is 150 Å². The minimum Gasteiger partial charge on any atom is -0.338 e. The van der Waals surface area contributed by atoms with Crippen molar-refractivity contribution >= 4 is 29.1 Å². The Morgan fingerprint density at radius 1 is 1.24 bits per heavy atom. The number of hydrogen-bond donors (Lipinski definition) is 1. The van der Waals surface area contributed by atoms with Gasteiger partial charge in [0.15, 0.2) is 0 Å². The molecule has 6 heteroatoms. The van der Waals surface area contributed by atoms with Gasteiger partial charge in [-0.15, -0.1) is 0 Å². The van der Waals surface area contributed by atoms with Crippen LogP contribution in [0.25, 0.3) is 0 Å². The molecule has 130 valence electrons. The van der Waals surface area contributed by atoms with Crippen molar-refractivity contribution in [2.24, 2.45) is 0 Å². The number of nitrogens with one attached hydrogen (secondary N) is 1. The lowest BCUT2D eigenvalue weighted by Crippen LogP contribution is -2.35. The fourth-order valence-corrected chi connectivity index (χ4v) is 3.23. The van der Waals surface area contributed by atoms with Gasteiger partial charge in [-0.25, -0.2) is 4.39 Å². The molecule has 0 atom stereocenters. The van der Waals surface area contributed by atoms with E-state index in [1.807, 2.05) is 24.0 Å². The molecule has 0 fully saturated rings. The molecule has 1 aliphatic heterocycles. The van der Waals surface area contributed by atoms with Crippen LogP contribution >= 0.6 is 11.6 Å². The van der Waals surface area contributed by atoms with E-state index in [2.05, 4.69) is 5.32 Å². The van der Waals surface area contributed by atoms with Gasteiger partial charge in [0.1, 0.15) is 5.82 Å². The van der Waals surface area contributed by atoms with Crippen LogP contribution in [0, 0.1) is 5.82 Å². The molecule has 3 rings (SSSR count). The quantitative estimate of drug-likeness (QED) is 0.898. The van der Waals surface area contributed by atoms with Crippen molar-refractivity contribution in [3.05, 3.63) is 63.9 Å². The molecule has 2 aromatic rings. The molecule has 2 amide bonds. The second-order valence-electron chi connectivity index (χ2n) is 5.95. The second kappa shape index (κ2) is 7.23. The molecule has 1 aliphatic rings. The molecule has 0 unspecified atom stereocenters. The van der Waals surface area contributed by atoms with Gasteiger partial charge in [0.25, 0.3) is 5.91 Å². The fourth-order valence-electron chi connectivity index (χ4n) is 2.98. The summed E-state index contributed by atoms with van der Waals surface area (Å²) in [6.07, 6.45) is 1.26. The van der Waals surface area contributed by atoms with Crippen molar-refractivity contribution in [1.82, 2.24) is 4.90 Å². The number of carbonyl (C=O) groups excluding carboxylic acids is 2. The Balaban J connectivity index is 1.81. The smallest absolute Gasteiger partial charge is 0.260 e. The SMILES string of the molecule is CCC(=O)N1CCc2ccc(NC(=O)c3c(F)cccc3Cl)cc2C1. The summed E-state index contributed by atoms with van der Waals surface area (Å²) in [4.78, 5) is 26.0. The summed E-state index contributed by atoms with van der Waals surface area (Å²) in [5.41, 5.74) is 2.52. The number of anilines is 1. The molecule has 25 heavy (non-hydrogen) atoms. The van der Waals surface area contributed by atoms with Crippen molar-refractivity contribution in [1.29, 1.82) is 0 Å². The van der Waals surface area contributed by atoms with Crippen LogP contribution in [0.5, 0.6) is 0 Å². The first-order valence-corrected chi connectivity index (χ1v) is 8.52. The highest BCUT2D eigenvalue weighted by molar-refractivity contribution is 6.34. The summed E-state index contributed by atoms with van der Waals surface area (Å²) in [6, 6.07) is 9.66. The van der Waals surface area contributed by atoms with Crippen LogP contribution in [-0.4, -0.2) is 23.3 Å². The van der Waals surface area contributed by atoms with Crippen LogP contribution in [-0.2, 0) is 17.8 Å². The van der Waals surface area contributed by atoms with E-state index in [-0.39, 0.29) is 16.5 Å². The van der Waals surface area contributed by atoms with Crippen molar-refractivity contribution in [2.45, 2.75) is 26.3 Å². The molecule has 0 saturated carbocycles. The van der Waals surface area contributed by atoms with E-state index in [0.29, 0.717) is 25.2 Å². The standard InChI is InChI=1S/C19H18ClFN2O2/c1-2-17(24)23-9-8-12-6-7-14(10-13(12)11-23)22-19(25)18-15(20)4-3-5-16(18)21/h3-7,10H,2,8-9,11H2,1H3,(H,22,25). The largest absolute Gasteiger partial charge is 0.338 e. The highest BCUT2D eigenvalue weighted by Crippen LogP contribution is 2.25. The maximum atomic E-state index is 13.9. The molecule has 0 saturated heterocycles. The van der Waals surface area contributed by atoms with Crippen LogP contribution in [0.2, 0.25) is 5.02 Å². The summed E-state index contributed by atoms with van der Waals surface area (Å²) in [5, 5.41) is 2.75. The summed E-state index contributed by atoms with van der Waals surface area (Å²) in [6.45, 7) is 3.06. The van der Waals surface area contributed by atoms with E-state index in [0.717, 1.165) is 17.5 Å². The topological polar surface area (TPSA) is 49.4 Å². The number of nitrogens with zero attached hydrogens (tertiary/aromatic N) is 1. The molecule has 0 radical (unpaired) electrons. The molecule has 2 aromatic carbocycles. The first kappa shape index (κ1) is 17.4. The lowest BCUT2D eigenvalue weighted by atomic mass is 9.98. The Morgan fingerprint density at radius 3 is 2.76 bits per heavy atom. The molecule has 0 aliphatic carbocycles. The van der Waals surface area contributed by atoms with Crippen LogP contribution < -0.4 is 5.32 Å². The number of benzene rings is 2. The zero-order valence-electron chi connectivity index (χ0n) is 13.8. The molecule has 0 aromatic heterocycles. The average molecular weight is 361 g/mol. The number of halogens is 2. The molecular weight excluding hydrogens is 343 g/mol. The molecule has 1 N–H and O–H groups in total. The van der Waals surface area contributed by atoms with Crippen LogP contribution in [0.3, 0.4) is 0 Å². The molecular formula is C19H18ClFN2O2. The molecule has 1 heterocycles. The van der Waals surface area contributed by atoms with E-state index < -0.39 is 11.7 Å². The van der Waals surface area contributed by atoms with Gasteiger partial charge in [-0.05, 0) is 41.8 Å². The Kier molecular flexibility index (Phi) is 5.04. The summed E-state index contributed by atoms with van der Waals surface area (Å²) in [5.74, 6) is -1.15. The van der Waals surface area contributed by atoms with E-state index >= 15 is 0 Å². The third-order valence-electron chi connectivity index (χ3n) is 4.32. The number of hydrogen-bond acceptors (Lipinski definition) is 2. The van der Waals surface area contributed by atoms with Gasteiger partial charge in [-0.3, -0.25) is 9.59 Å². The van der Waals surface area contributed by atoms with Crippen molar-refractivity contribution in [3.8, 4) is 0 Å². The van der Waals surface area contributed by atoms with Crippen LogP contribution in [0.15, 0.2) is 36.4 Å². The van der Waals surface area contributed by atoms with Crippen molar-refractivity contribution in [2.75, 3.05) is 11.9 Å². The number of carbonyl (C=O) groups is 2. The monoisotopic (exact) mass is 360 g/mol. The maximum Gasteiger partial charge on any atom is 0.260 e. The van der Waals surface area contributed by atoms with Gasteiger partial charge in [-0.1, -0.05) is 30.7 Å². The fraction of sp³-hybridized carbons (Fsp3) is 0.263. The van der Waals surface area contributed by atoms with Crippen LogP contribution in [0.1, 0.15) is 34.8 Å². The number of amides is 2. The van der Waals surface area contributed by atoms with Gasteiger partial charge in [-0.2, -0.15) is 0 Å². The van der Waals surface area contributed by atoms with Gasteiger partial charge in [0, 0.05) is 25.2 Å². The minimum atomic E-state index is -0.664. The Bertz CT molecular complexity index is 818. The zero-order chi connectivity index (χ0) is 18.0. The number of rotatable bonds is 3. The molecule has 4 nitrogen and oxygen atoms in total. The first-order chi connectivity index (χ1) is 12.0. The highest BCUT2D eigenvalue weighted by atomic mass is 35.5. The summed E-state index contributed by atoms with van der Waals surface area (Å²) < 4.78 is 13.9. The third kappa shape index (κ3) is 3.66. The zero-order valence-corrected chi connectivity index (χ0v) is 14.6. The minimum absolute atomic E-state index is 0.0650. The molecule has 0 spiro atoms. The van der Waals surface area contributed by atoms with Crippen LogP contribution in [0.4, 0.5) is 10.1 Å². The second-order valence-corrected chi connectivity index (χ2v) is 6.36. The lowest BCUT2D eigenvalue weighted by molar-refractivity contribution is -0.131.